The van der Waals surface area contributed by atoms with Gasteiger partial charge in [-0.15, -0.1) is 0 Å². The molecule has 2 saturated carbocycles. The van der Waals surface area contributed by atoms with E-state index >= 15 is 0 Å². The van der Waals surface area contributed by atoms with Crippen LogP contribution in [0, 0.1) is 5.92 Å². The van der Waals surface area contributed by atoms with E-state index in [4.69, 9.17) is 0 Å². The Balaban J connectivity index is 1.28. The van der Waals surface area contributed by atoms with Crippen LogP contribution in [0.4, 0.5) is 5.82 Å². The Labute approximate surface area is 125 Å². The highest BCUT2D eigenvalue weighted by Gasteiger charge is 2.30. The van der Waals surface area contributed by atoms with Crippen LogP contribution < -0.4 is 10.2 Å². The number of carbonyl (C=O) groups is 1. The number of amides is 1. The Hall–Kier alpha value is -1.52. The number of H-pyrrole nitrogens is 1. The molecule has 114 valence electrons. The maximum absolute atomic E-state index is 12.0. The summed E-state index contributed by atoms with van der Waals surface area (Å²) in [5.41, 5.74) is 1.30. The molecule has 4 rings (SSSR count). The number of anilines is 1. The van der Waals surface area contributed by atoms with E-state index in [-0.39, 0.29) is 5.91 Å². The fourth-order valence-electron chi connectivity index (χ4n) is 3.33. The molecular weight excluding hydrogens is 264 g/mol. The molecule has 1 amide bonds. The minimum atomic E-state index is 0.287. The first kappa shape index (κ1) is 13.2. The van der Waals surface area contributed by atoms with Crippen LogP contribution in [0.5, 0.6) is 0 Å². The number of nitrogens with zero attached hydrogens (tertiary/aromatic N) is 2. The highest BCUT2D eigenvalue weighted by atomic mass is 16.2. The van der Waals surface area contributed by atoms with Crippen molar-refractivity contribution in [1.82, 2.24) is 15.5 Å². The molecule has 0 bridgehead atoms. The third-order valence-corrected chi connectivity index (χ3v) is 5.24. The number of aromatic nitrogens is 2. The summed E-state index contributed by atoms with van der Waals surface area (Å²) in [5, 5.41) is 10.9. The van der Waals surface area contributed by atoms with Crippen LogP contribution in [0.1, 0.15) is 56.6 Å². The minimum absolute atomic E-state index is 0.287. The van der Waals surface area contributed by atoms with Crippen LogP contribution in [-0.4, -0.2) is 35.2 Å². The maximum atomic E-state index is 12.0. The molecule has 1 aromatic heterocycles. The van der Waals surface area contributed by atoms with Gasteiger partial charge >= 0.3 is 0 Å². The van der Waals surface area contributed by atoms with Gasteiger partial charge in [0.1, 0.15) is 0 Å². The monoisotopic (exact) mass is 288 g/mol. The van der Waals surface area contributed by atoms with E-state index in [9.17, 15) is 4.79 Å². The van der Waals surface area contributed by atoms with E-state index in [0.29, 0.717) is 12.0 Å². The number of hydrogen-bond acceptors (Lipinski definition) is 3. The maximum Gasteiger partial charge on any atom is 0.223 e. The average Bonchev–Trinajstić information content (AvgIpc) is 3.16. The first-order valence-corrected chi connectivity index (χ1v) is 8.40. The molecule has 1 aliphatic heterocycles. The highest BCUT2D eigenvalue weighted by molar-refractivity contribution is 5.79. The van der Waals surface area contributed by atoms with E-state index < -0.39 is 0 Å². The van der Waals surface area contributed by atoms with Crippen molar-refractivity contribution in [3.05, 3.63) is 11.8 Å². The molecule has 2 N–H and O–H groups in total. The number of nitrogens with one attached hydrogen (secondary N) is 2. The second kappa shape index (κ2) is 5.35. The Morgan fingerprint density at radius 1 is 1.19 bits per heavy atom. The lowest BCUT2D eigenvalue weighted by atomic mass is 9.84. The van der Waals surface area contributed by atoms with Crippen molar-refractivity contribution in [3.63, 3.8) is 0 Å². The molecule has 1 saturated heterocycles. The second-order valence-corrected chi connectivity index (χ2v) is 6.85. The second-order valence-electron chi connectivity index (χ2n) is 6.85. The number of piperidine rings is 1. The average molecular weight is 288 g/mol. The molecule has 0 radical (unpaired) electrons. The third-order valence-electron chi connectivity index (χ3n) is 5.24. The lowest BCUT2D eigenvalue weighted by Gasteiger charge is -2.34. The van der Waals surface area contributed by atoms with Crippen LogP contribution in [0.15, 0.2) is 6.07 Å². The molecule has 5 nitrogen and oxygen atoms in total. The van der Waals surface area contributed by atoms with Gasteiger partial charge in [0.15, 0.2) is 5.82 Å². The summed E-state index contributed by atoms with van der Waals surface area (Å²) in [7, 11) is 0. The zero-order chi connectivity index (χ0) is 14.2. The molecule has 0 aromatic carbocycles. The molecule has 2 aliphatic carbocycles. The van der Waals surface area contributed by atoms with Crippen LogP contribution in [0.25, 0.3) is 0 Å². The topological polar surface area (TPSA) is 61.0 Å². The summed E-state index contributed by atoms with van der Waals surface area (Å²) in [6.45, 7) is 1.98. The van der Waals surface area contributed by atoms with Gasteiger partial charge in [-0.3, -0.25) is 9.89 Å². The van der Waals surface area contributed by atoms with Gasteiger partial charge in [0.2, 0.25) is 5.91 Å². The summed E-state index contributed by atoms with van der Waals surface area (Å²) >= 11 is 0. The first-order chi connectivity index (χ1) is 10.3. The molecule has 2 heterocycles. The number of aromatic amines is 1. The van der Waals surface area contributed by atoms with Gasteiger partial charge in [-0.2, -0.15) is 5.10 Å². The predicted molar refractivity (Wildman–Crippen MR) is 81.3 cm³/mol. The lowest BCUT2D eigenvalue weighted by molar-refractivity contribution is -0.128. The first-order valence-electron chi connectivity index (χ1n) is 8.40. The van der Waals surface area contributed by atoms with Gasteiger partial charge < -0.3 is 10.2 Å². The Kier molecular flexibility index (Phi) is 3.36. The standard InChI is InChI=1S/C16H24N4O/c21-16(12-2-1-3-12)17-13-6-8-20(9-7-13)15-10-14(18-19-15)11-4-5-11/h10-13H,1-9H2,(H,17,21)(H,18,19). The summed E-state index contributed by atoms with van der Waals surface area (Å²) in [6, 6.07) is 2.57. The lowest BCUT2D eigenvalue weighted by Crippen LogP contribution is -2.47. The molecule has 5 heteroatoms. The third kappa shape index (κ3) is 2.78. The number of carbonyl (C=O) groups excluding carboxylic acids is 1. The van der Waals surface area contributed by atoms with Crippen molar-refractivity contribution in [1.29, 1.82) is 0 Å². The van der Waals surface area contributed by atoms with Crippen molar-refractivity contribution >= 4 is 11.7 Å². The summed E-state index contributed by atoms with van der Waals surface area (Å²) in [4.78, 5) is 14.3. The molecule has 0 spiro atoms. The molecule has 3 fully saturated rings. The quantitative estimate of drug-likeness (QED) is 0.892. The van der Waals surface area contributed by atoms with Gasteiger partial charge in [0, 0.05) is 42.7 Å². The van der Waals surface area contributed by atoms with Crippen molar-refractivity contribution in [2.24, 2.45) is 5.92 Å². The van der Waals surface area contributed by atoms with E-state index in [0.717, 1.165) is 50.5 Å². The van der Waals surface area contributed by atoms with E-state index in [2.05, 4.69) is 26.5 Å². The number of hydrogen-bond donors (Lipinski definition) is 2. The number of rotatable bonds is 4. The van der Waals surface area contributed by atoms with Crippen molar-refractivity contribution in [2.45, 2.75) is 56.9 Å². The molecule has 0 unspecified atom stereocenters. The van der Waals surface area contributed by atoms with Gasteiger partial charge in [-0.25, -0.2) is 0 Å². The van der Waals surface area contributed by atoms with Gasteiger partial charge in [-0.05, 0) is 38.5 Å². The summed E-state index contributed by atoms with van der Waals surface area (Å²) < 4.78 is 0. The zero-order valence-corrected chi connectivity index (χ0v) is 12.5. The predicted octanol–water partition coefficient (Wildman–Crippen LogP) is 2.17. The Bertz CT molecular complexity index is 510. The van der Waals surface area contributed by atoms with Crippen molar-refractivity contribution in [2.75, 3.05) is 18.0 Å². The Morgan fingerprint density at radius 2 is 1.95 bits per heavy atom. The van der Waals surface area contributed by atoms with Crippen LogP contribution in [0.3, 0.4) is 0 Å². The van der Waals surface area contributed by atoms with Crippen molar-refractivity contribution < 1.29 is 4.79 Å². The Morgan fingerprint density at radius 3 is 2.57 bits per heavy atom. The smallest absolute Gasteiger partial charge is 0.223 e. The molecule has 21 heavy (non-hydrogen) atoms. The van der Waals surface area contributed by atoms with Gasteiger partial charge in [-0.1, -0.05) is 6.42 Å². The molecule has 3 aliphatic rings. The largest absolute Gasteiger partial charge is 0.355 e. The van der Waals surface area contributed by atoms with E-state index in [1.165, 1.54) is 25.0 Å². The summed E-state index contributed by atoms with van der Waals surface area (Å²) in [6.07, 6.45) is 8.06. The van der Waals surface area contributed by atoms with E-state index in [1.54, 1.807) is 0 Å². The van der Waals surface area contributed by atoms with Crippen LogP contribution in [0.2, 0.25) is 0 Å². The SMILES string of the molecule is O=C(NC1CCN(c2cc(C3CC3)[nH]n2)CC1)C1CCC1. The fraction of sp³-hybridized carbons (Fsp3) is 0.750. The molecule has 1 aromatic rings. The minimum Gasteiger partial charge on any atom is -0.355 e. The van der Waals surface area contributed by atoms with Crippen LogP contribution >= 0.6 is 0 Å². The summed E-state index contributed by atoms with van der Waals surface area (Å²) in [5.74, 6) is 2.40. The molecular formula is C16H24N4O. The molecule has 0 atom stereocenters. The zero-order valence-electron chi connectivity index (χ0n) is 12.5. The van der Waals surface area contributed by atoms with Crippen molar-refractivity contribution in [3.8, 4) is 0 Å². The van der Waals surface area contributed by atoms with Gasteiger partial charge in [0.05, 0.1) is 0 Å². The normalized spacial score (nSPS) is 23.9. The fourth-order valence-corrected chi connectivity index (χ4v) is 3.33. The van der Waals surface area contributed by atoms with Crippen LogP contribution in [-0.2, 0) is 4.79 Å². The highest BCUT2D eigenvalue weighted by Crippen LogP contribution is 2.40. The van der Waals surface area contributed by atoms with Gasteiger partial charge in [0.25, 0.3) is 0 Å². The van der Waals surface area contributed by atoms with E-state index in [1.807, 2.05) is 0 Å².